The second kappa shape index (κ2) is 8.32. The predicted octanol–water partition coefficient (Wildman–Crippen LogP) is 3.41. The summed E-state index contributed by atoms with van der Waals surface area (Å²) in [6.45, 7) is 4.39. The van der Waals surface area contributed by atoms with Crippen LogP contribution in [0.3, 0.4) is 0 Å². The third-order valence-corrected chi connectivity index (χ3v) is 5.91. The lowest BCUT2D eigenvalue weighted by molar-refractivity contribution is 0.261. The van der Waals surface area contributed by atoms with Gasteiger partial charge in [-0.15, -0.1) is 0 Å². The average Bonchev–Trinajstić information content (AvgIpc) is 2.88. The molecule has 4 rings (SSSR count). The molecule has 1 aliphatic heterocycles. The molecule has 1 fully saturated rings. The number of nitrogens with two attached hydrogens (primary N) is 1. The number of para-hydroxylation sites is 1. The van der Waals surface area contributed by atoms with Crippen molar-refractivity contribution < 1.29 is 0 Å². The molecule has 0 spiro atoms. The summed E-state index contributed by atoms with van der Waals surface area (Å²) in [6.07, 6.45) is 1.06. The average molecular weight is 432 g/mol. The van der Waals surface area contributed by atoms with Gasteiger partial charge in [-0.3, -0.25) is 14.3 Å². The molecule has 1 aromatic heterocycles. The number of hydrogen-bond acceptors (Lipinski definition) is 5. The third kappa shape index (κ3) is 4.12. The maximum Gasteiger partial charge on any atom is 0.266 e. The molecule has 0 amide bonds. The van der Waals surface area contributed by atoms with Crippen LogP contribution < -0.4 is 11.3 Å². The van der Waals surface area contributed by atoms with Crippen LogP contribution in [0.15, 0.2) is 41.2 Å². The second-order valence-electron chi connectivity index (χ2n) is 7.45. The highest BCUT2D eigenvalue weighted by Gasteiger charge is 2.20. The van der Waals surface area contributed by atoms with Gasteiger partial charge in [-0.05, 0) is 56.9 Å². The largest absolute Gasteiger partial charge is 0.399 e. The Morgan fingerprint density at radius 1 is 1.07 bits per heavy atom. The molecule has 2 aromatic carbocycles. The number of benzene rings is 2. The highest BCUT2D eigenvalue weighted by molar-refractivity contribution is 6.37. The molecule has 2 N–H and O–H groups in total. The minimum atomic E-state index is -0.202. The van der Waals surface area contributed by atoms with Crippen LogP contribution in [0.5, 0.6) is 0 Å². The van der Waals surface area contributed by atoms with Crippen LogP contribution in [0, 0.1) is 0 Å². The van der Waals surface area contributed by atoms with Crippen molar-refractivity contribution in [3.8, 4) is 5.69 Å². The van der Waals surface area contributed by atoms with E-state index in [1.54, 1.807) is 41.0 Å². The Morgan fingerprint density at radius 3 is 2.59 bits per heavy atom. The summed E-state index contributed by atoms with van der Waals surface area (Å²) in [5, 5.41) is 1.30. The van der Waals surface area contributed by atoms with E-state index in [9.17, 15) is 4.79 Å². The number of nitrogens with zero attached hydrogens (tertiary/aromatic N) is 4. The Bertz CT molecular complexity index is 1090. The van der Waals surface area contributed by atoms with E-state index >= 15 is 0 Å². The lowest BCUT2D eigenvalue weighted by atomic mass is 10.2. The van der Waals surface area contributed by atoms with Crippen molar-refractivity contribution in [3.05, 3.63) is 62.6 Å². The van der Waals surface area contributed by atoms with Crippen molar-refractivity contribution >= 4 is 39.8 Å². The number of nitrogen functional groups attached to an aromatic ring is 1. The molecule has 1 saturated heterocycles. The zero-order valence-electron chi connectivity index (χ0n) is 16.2. The molecule has 0 unspecified atom stereocenters. The van der Waals surface area contributed by atoms with Crippen LogP contribution in [-0.2, 0) is 6.54 Å². The van der Waals surface area contributed by atoms with Crippen molar-refractivity contribution in [1.82, 2.24) is 19.4 Å². The topological polar surface area (TPSA) is 67.4 Å². The number of hydrogen-bond donors (Lipinski definition) is 1. The number of aromatic nitrogens is 2. The van der Waals surface area contributed by atoms with Gasteiger partial charge in [0.2, 0.25) is 0 Å². The van der Waals surface area contributed by atoms with E-state index in [1.807, 2.05) is 0 Å². The van der Waals surface area contributed by atoms with Crippen LogP contribution in [0.2, 0.25) is 10.0 Å². The minimum Gasteiger partial charge on any atom is -0.399 e. The molecule has 0 atom stereocenters. The Kier molecular flexibility index (Phi) is 5.79. The van der Waals surface area contributed by atoms with Gasteiger partial charge in [-0.1, -0.05) is 29.3 Å². The molecule has 0 aliphatic carbocycles. The zero-order valence-corrected chi connectivity index (χ0v) is 17.7. The summed E-state index contributed by atoms with van der Waals surface area (Å²) in [6, 6.07) is 10.4. The summed E-state index contributed by atoms with van der Waals surface area (Å²) in [5.74, 6) is 0.604. The SMILES string of the molecule is CN1CCCN(Cc2nc3cc(N)ccc3c(=O)n2-c2c(Cl)cccc2Cl)CC1. The van der Waals surface area contributed by atoms with Gasteiger partial charge in [0.05, 0.1) is 33.2 Å². The van der Waals surface area contributed by atoms with Gasteiger partial charge in [0.25, 0.3) is 5.56 Å². The van der Waals surface area contributed by atoms with E-state index in [1.165, 1.54) is 0 Å². The lowest BCUT2D eigenvalue weighted by Crippen LogP contribution is -2.33. The second-order valence-corrected chi connectivity index (χ2v) is 8.26. The van der Waals surface area contributed by atoms with Gasteiger partial charge in [0, 0.05) is 18.8 Å². The minimum absolute atomic E-state index is 0.202. The fourth-order valence-corrected chi connectivity index (χ4v) is 4.31. The van der Waals surface area contributed by atoms with Crippen LogP contribution in [-0.4, -0.2) is 52.6 Å². The number of rotatable bonds is 3. The molecule has 0 bridgehead atoms. The van der Waals surface area contributed by atoms with Crippen molar-refractivity contribution in [2.24, 2.45) is 0 Å². The standard InChI is InChI=1S/C21H23Cl2N5O/c1-26-8-3-9-27(11-10-26)13-19-25-18-12-14(24)6-7-15(18)21(29)28(19)20-16(22)4-2-5-17(20)23/h2,4-7,12H,3,8-11,13,24H2,1H3. The quantitative estimate of drug-likeness (QED) is 0.643. The maximum absolute atomic E-state index is 13.5. The summed E-state index contributed by atoms with van der Waals surface area (Å²) in [5.41, 5.74) is 7.35. The van der Waals surface area contributed by atoms with Gasteiger partial charge in [-0.25, -0.2) is 4.98 Å². The number of anilines is 1. The van der Waals surface area contributed by atoms with Crippen LogP contribution in [0.4, 0.5) is 5.69 Å². The van der Waals surface area contributed by atoms with E-state index in [0.717, 1.165) is 32.6 Å². The highest BCUT2D eigenvalue weighted by atomic mass is 35.5. The Balaban J connectivity index is 1.90. The maximum atomic E-state index is 13.5. The van der Waals surface area contributed by atoms with Gasteiger partial charge in [0.1, 0.15) is 5.82 Å². The van der Waals surface area contributed by atoms with Crippen LogP contribution >= 0.6 is 23.2 Å². The van der Waals surface area contributed by atoms with Crippen LogP contribution in [0.1, 0.15) is 12.2 Å². The van der Waals surface area contributed by atoms with E-state index in [0.29, 0.717) is 44.7 Å². The van der Waals surface area contributed by atoms with E-state index in [2.05, 4.69) is 16.8 Å². The molecule has 2 heterocycles. The van der Waals surface area contributed by atoms with Gasteiger partial charge in [-0.2, -0.15) is 0 Å². The monoisotopic (exact) mass is 431 g/mol. The molecular weight excluding hydrogens is 409 g/mol. The first-order valence-electron chi connectivity index (χ1n) is 9.60. The zero-order chi connectivity index (χ0) is 20.5. The Labute approximate surface area is 179 Å². The molecule has 3 aromatic rings. The van der Waals surface area contributed by atoms with E-state index in [-0.39, 0.29) is 5.56 Å². The Hall–Kier alpha value is -2.12. The predicted molar refractivity (Wildman–Crippen MR) is 119 cm³/mol. The van der Waals surface area contributed by atoms with Gasteiger partial charge >= 0.3 is 0 Å². The Morgan fingerprint density at radius 2 is 1.83 bits per heavy atom. The summed E-state index contributed by atoms with van der Waals surface area (Å²) < 4.78 is 1.55. The van der Waals surface area contributed by atoms with Crippen molar-refractivity contribution in [2.45, 2.75) is 13.0 Å². The summed E-state index contributed by atoms with van der Waals surface area (Å²) in [4.78, 5) is 22.9. The first-order chi connectivity index (χ1) is 13.9. The van der Waals surface area contributed by atoms with Gasteiger partial charge < -0.3 is 10.6 Å². The van der Waals surface area contributed by atoms with Crippen LogP contribution in [0.25, 0.3) is 16.6 Å². The molecule has 0 saturated carbocycles. The first-order valence-corrected chi connectivity index (χ1v) is 10.4. The highest BCUT2D eigenvalue weighted by Crippen LogP contribution is 2.29. The molecule has 0 radical (unpaired) electrons. The van der Waals surface area contributed by atoms with E-state index < -0.39 is 0 Å². The third-order valence-electron chi connectivity index (χ3n) is 5.30. The molecule has 6 nitrogen and oxygen atoms in total. The number of fused-ring (bicyclic) bond motifs is 1. The van der Waals surface area contributed by atoms with Crippen molar-refractivity contribution in [3.63, 3.8) is 0 Å². The lowest BCUT2D eigenvalue weighted by Gasteiger charge is -2.23. The smallest absolute Gasteiger partial charge is 0.266 e. The fraction of sp³-hybridized carbons (Fsp3) is 0.333. The van der Waals surface area contributed by atoms with Crippen molar-refractivity contribution in [2.75, 3.05) is 39.0 Å². The molecule has 8 heteroatoms. The van der Waals surface area contributed by atoms with Crippen molar-refractivity contribution in [1.29, 1.82) is 0 Å². The summed E-state index contributed by atoms with van der Waals surface area (Å²) >= 11 is 12.9. The molecule has 1 aliphatic rings. The molecular formula is C21H23Cl2N5O. The number of likely N-dealkylation sites (N-methyl/N-ethyl adjacent to an activating group) is 1. The normalized spacial score (nSPS) is 16.2. The molecule has 152 valence electrons. The number of halogens is 2. The van der Waals surface area contributed by atoms with Gasteiger partial charge in [0.15, 0.2) is 0 Å². The van der Waals surface area contributed by atoms with E-state index in [4.69, 9.17) is 33.9 Å². The first kappa shape index (κ1) is 20.2. The summed E-state index contributed by atoms with van der Waals surface area (Å²) in [7, 11) is 2.12. The molecule has 29 heavy (non-hydrogen) atoms. The fourth-order valence-electron chi connectivity index (χ4n) is 3.75.